The Morgan fingerprint density at radius 2 is 1.04 bits per heavy atom. The zero-order valence-corrected chi connectivity index (χ0v) is 18.1. The molecule has 0 saturated heterocycles. The molecule has 143 valence electrons. The molecule has 0 amide bonds. The van der Waals surface area contributed by atoms with Crippen LogP contribution in [-0.4, -0.2) is 31.8 Å². The van der Waals surface area contributed by atoms with E-state index in [0.29, 0.717) is 0 Å². The van der Waals surface area contributed by atoms with Gasteiger partial charge in [-0.25, -0.2) is 0 Å². The number of carboxylic acids is 2. The molecule has 0 heterocycles. The van der Waals surface area contributed by atoms with Crippen molar-refractivity contribution in [3.05, 3.63) is 0 Å². The summed E-state index contributed by atoms with van der Waals surface area (Å²) in [5, 5.41) is 17.0. The first-order valence-electron chi connectivity index (χ1n) is 8.10. The van der Waals surface area contributed by atoms with Gasteiger partial charge < -0.3 is 10.2 Å². The van der Waals surface area contributed by atoms with Gasteiger partial charge in [0.15, 0.2) is 0 Å². The third-order valence-electron chi connectivity index (χ3n) is 3.16. The van der Waals surface area contributed by atoms with Gasteiger partial charge in [-0.05, 0) is 12.8 Å². The van der Waals surface area contributed by atoms with E-state index >= 15 is 0 Å². The van der Waals surface area contributed by atoms with Gasteiger partial charge in [0, 0.05) is 17.1 Å². The van der Waals surface area contributed by atoms with Gasteiger partial charge >= 0.3 is 11.9 Å². The number of carbonyl (C=O) groups is 2. The first kappa shape index (κ1) is 28.2. The van der Waals surface area contributed by atoms with Crippen LogP contribution in [0.5, 0.6) is 0 Å². The van der Waals surface area contributed by atoms with Crippen molar-refractivity contribution in [3.63, 3.8) is 0 Å². The minimum Gasteiger partial charge on any atom is -0.480 e. The van der Waals surface area contributed by atoms with E-state index in [2.05, 4.69) is 45.7 Å². The molecule has 2 atom stereocenters. The van der Waals surface area contributed by atoms with Crippen molar-refractivity contribution in [2.75, 3.05) is 0 Å². The van der Waals surface area contributed by atoms with E-state index in [1.807, 2.05) is 0 Å². The normalized spacial score (nSPS) is 12.3. The minimum atomic E-state index is -0.749. The van der Waals surface area contributed by atoms with Crippen LogP contribution in [0, 0.1) is 0 Å². The fourth-order valence-corrected chi connectivity index (χ4v) is 2.40. The molecule has 2 N–H and O–H groups in total. The summed E-state index contributed by atoms with van der Waals surface area (Å²) >= 11 is 6.19. The van der Waals surface area contributed by atoms with Crippen molar-refractivity contribution in [2.45, 2.75) is 87.7 Å². The maximum atomic E-state index is 10.3. The van der Waals surface area contributed by atoms with Crippen molar-refractivity contribution >= 4 is 43.8 Å². The summed E-state index contributed by atoms with van der Waals surface area (Å²) in [6, 6.07) is 0. The van der Waals surface area contributed by atoms with E-state index in [4.69, 9.17) is 10.2 Å². The van der Waals surface area contributed by atoms with E-state index in [-0.39, 0.29) is 26.7 Å². The Labute approximate surface area is 167 Å². The monoisotopic (exact) mass is 507 g/mol. The first-order valence-corrected chi connectivity index (χ1v) is 9.93. The Hall–Kier alpha value is 0.419. The molecule has 7 heteroatoms. The molecule has 0 aliphatic carbocycles. The van der Waals surface area contributed by atoms with Crippen LogP contribution in [0.1, 0.15) is 78.1 Å². The predicted octanol–water partition coefficient (Wildman–Crippen LogP) is 5.61. The molecule has 0 aliphatic rings. The van der Waals surface area contributed by atoms with Crippen molar-refractivity contribution in [1.29, 1.82) is 0 Å². The third kappa shape index (κ3) is 22.4. The number of hydrogen-bond donors (Lipinski definition) is 2. The molecule has 2 unspecified atom stereocenters. The summed E-state index contributed by atoms with van der Waals surface area (Å²) in [7, 11) is 0. The maximum absolute atomic E-state index is 10.3. The maximum Gasteiger partial charge on any atom is 0.317 e. The molecule has 0 aromatic rings. The van der Waals surface area contributed by atoms with E-state index in [1.165, 1.54) is 25.7 Å². The van der Waals surface area contributed by atoms with Gasteiger partial charge in [0.1, 0.15) is 9.65 Å². The molecule has 0 rings (SSSR count). The Morgan fingerprint density at radius 1 is 0.739 bits per heavy atom. The van der Waals surface area contributed by atoms with Crippen LogP contribution < -0.4 is 0 Å². The summed E-state index contributed by atoms with van der Waals surface area (Å²) in [6.45, 7) is 4.28. The van der Waals surface area contributed by atoms with Gasteiger partial charge in [-0.15, -0.1) is 0 Å². The summed E-state index contributed by atoms with van der Waals surface area (Å²) in [5.41, 5.74) is 0. The zero-order chi connectivity index (χ0) is 17.4. The van der Waals surface area contributed by atoms with Crippen LogP contribution in [0.2, 0.25) is 0 Å². The molecule has 23 heavy (non-hydrogen) atoms. The molecule has 0 aromatic carbocycles. The van der Waals surface area contributed by atoms with Crippen molar-refractivity contribution in [1.82, 2.24) is 0 Å². The van der Waals surface area contributed by atoms with Crippen LogP contribution in [-0.2, 0) is 26.7 Å². The topological polar surface area (TPSA) is 74.6 Å². The summed E-state index contributed by atoms with van der Waals surface area (Å²) < 4.78 is 0. The largest absolute Gasteiger partial charge is 0.480 e. The molecule has 0 spiro atoms. The smallest absolute Gasteiger partial charge is 0.317 e. The van der Waals surface area contributed by atoms with Crippen LogP contribution in [0.3, 0.4) is 0 Å². The average molecular weight is 510 g/mol. The molecule has 1 radical (unpaired) electrons. The molecular weight excluding hydrogens is 480 g/mol. The number of aliphatic carboxylic acids is 2. The molecule has 0 aromatic heterocycles. The van der Waals surface area contributed by atoms with Gasteiger partial charge in [0.2, 0.25) is 0 Å². The van der Waals surface area contributed by atoms with E-state index < -0.39 is 11.9 Å². The number of alkyl halides is 2. The summed E-state index contributed by atoms with van der Waals surface area (Å²) in [6.07, 6.45) is 10.6. The minimum absolute atomic E-state index is 0. The molecule has 0 bridgehead atoms. The van der Waals surface area contributed by atoms with E-state index in [1.54, 1.807) is 0 Å². The molecule has 0 aliphatic heterocycles. The van der Waals surface area contributed by atoms with E-state index in [9.17, 15) is 9.59 Å². The molecular formula is C16H30Br2CuO4. The number of unbranched alkanes of at least 4 members (excludes halogenated alkanes) is 6. The Morgan fingerprint density at radius 3 is 1.26 bits per heavy atom. The van der Waals surface area contributed by atoms with Gasteiger partial charge in [0.25, 0.3) is 0 Å². The summed E-state index contributed by atoms with van der Waals surface area (Å²) in [4.78, 5) is 19.9. The van der Waals surface area contributed by atoms with Crippen LogP contribution in [0.25, 0.3) is 0 Å². The Kier molecular flexibility index (Phi) is 25.1. The second kappa shape index (κ2) is 20.5. The predicted molar refractivity (Wildman–Crippen MR) is 98.2 cm³/mol. The van der Waals surface area contributed by atoms with Crippen molar-refractivity contribution in [2.24, 2.45) is 0 Å². The standard InChI is InChI=1S/2C8H15BrO2.Cu/c2*1-2-3-4-5-6-7(9)8(10)11;/h2*7H,2-6H2,1H3,(H,10,11);. The number of carboxylic acid groups (broad SMARTS) is 2. The SMILES string of the molecule is CCCCCCC(Br)C(=O)O.CCCCCCC(Br)C(=O)O.[Cu]. The van der Waals surface area contributed by atoms with Gasteiger partial charge in [0.05, 0.1) is 0 Å². The van der Waals surface area contributed by atoms with Gasteiger partial charge in [-0.1, -0.05) is 97.1 Å². The van der Waals surface area contributed by atoms with Crippen molar-refractivity contribution in [3.8, 4) is 0 Å². The second-order valence-corrected chi connectivity index (χ2v) is 7.52. The summed E-state index contributed by atoms with van der Waals surface area (Å²) in [5.74, 6) is -1.50. The molecule has 0 saturated carbocycles. The average Bonchev–Trinajstić information content (AvgIpc) is 2.48. The number of hydrogen-bond acceptors (Lipinski definition) is 2. The second-order valence-electron chi connectivity index (χ2n) is 5.31. The zero-order valence-electron chi connectivity index (χ0n) is 14.0. The number of halogens is 2. The molecule has 0 fully saturated rings. The fourth-order valence-electron chi connectivity index (χ4n) is 1.75. The van der Waals surface area contributed by atoms with Gasteiger partial charge in [-0.3, -0.25) is 9.59 Å². The first-order chi connectivity index (χ1) is 10.4. The number of rotatable bonds is 12. The quantitative estimate of drug-likeness (QED) is 0.204. The van der Waals surface area contributed by atoms with E-state index in [0.717, 1.165) is 38.5 Å². The van der Waals surface area contributed by atoms with Crippen LogP contribution in [0.4, 0.5) is 0 Å². The van der Waals surface area contributed by atoms with Crippen LogP contribution >= 0.6 is 31.9 Å². The molecule has 4 nitrogen and oxygen atoms in total. The fraction of sp³-hybridized carbons (Fsp3) is 0.875. The Balaban J connectivity index is -0.000000333. The third-order valence-corrected chi connectivity index (χ3v) is 4.86. The van der Waals surface area contributed by atoms with Crippen LogP contribution in [0.15, 0.2) is 0 Å². The van der Waals surface area contributed by atoms with Gasteiger partial charge in [-0.2, -0.15) is 0 Å². The van der Waals surface area contributed by atoms with Crippen molar-refractivity contribution < 1.29 is 36.9 Å². The Bertz CT molecular complexity index is 263.